The lowest BCUT2D eigenvalue weighted by molar-refractivity contribution is 0.0594. The average molecular weight is 296 g/mol. The lowest BCUT2D eigenvalue weighted by Crippen LogP contribution is -2.41. The largest absolute Gasteiger partial charge is 0.497 e. The van der Waals surface area contributed by atoms with Crippen LogP contribution in [0, 0.1) is 0 Å². The van der Waals surface area contributed by atoms with E-state index >= 15 is 0 Å². The van der Waals surface area contributed by atoms with E-state index in [1.54, 1.807) is 13.2 Å². The molecule has 4 nitrogen and oxygen atoms in total. The summed E-state index contributed by atoms with van der Waals surface area (Å²) in [6.45, 7) is 10.5. The van der Waals surface area contributed by atoms with Crippen molar-refractivity contribution in [3.8, 4) is 11.5 Å². The monoisotopic (exact) mass is 296 g/mol. The van der Waals surface area contributed by atoms with Crippen LogP contribution in [0.2, 0.25) is 19.6 Å². The first kappa shape index (κ1) is 16.6. The van der Waals surface area contributed by atoms with Crippen molar-refractivity contribution in [3.05, 3.63) is 17.7 Å². The van der Waals surface area contributed by atoms with Crippen LogP contribution in [-0.2, 0) is 4.74 Å². The van der Waals surface area contributed by atoms with Gasteiger partial charge < -0.3 is 14.2 Å². The summed E-state index contributed by atoms with van der Waals surface area (Å²) >= 11 is 0. The SMILES string of the molecule is COC(=O)c1ccc(OC)c([Si](C)(C)C)c1OC(C)C. The Labute approximate surface area is 122 Å². The molecule has 0 aliphatic heterocycles. The molecule has 0 aliphatic rings. The molecule has 0 aliphatic carbocycles. The molecule has 0 amide bonds. The number of rotatable bonds is 5. The minimum absolute atomic E-state index is 0.0272. The van der Waals surface area contributed by atoms with E-state index in [2.05, 4.69) is 19.6 Å². The number of methoxy groups -OCH3 is 2. The van der Waals surface area contributed by atoms with Crippen molar-refractivity contribution in [2.75, 3.05) is 14.2 Å². The average Bonchev–Trinajstić information content (AvgIpc) is 2.35. The fourth-order valence-electron chi connectivity index (χ4n) is 2.07. The van der Waals surface area contributed by atoms with Gasteiger partial charge in [-0.2, -0.15) is 0 Å². The van der Waals surface area contributed by atoms with Crippen LogP contribution < -0.4 is 14.7 Å². The van der Waals surface area contributed by atoms with E-state index in [0.717, 1.165) is 10.9 Å². The topological polar surface area (TPSA) is 44.8 Å². The number of carbonyl (C=O) groups excluding carboxylic acids is 1. The van der Waals surface area contributed by atoms with Gasteiger partial charge >= 0.3 is 5.97 Å². The Morgan fingerprint density at radius 3 is 2.15 bits per heavy atom. The lowest BCUT2D eigenvalue weighted by atomic mass is 10.2. The van der Waals surface area contributed by atoms with Gasteiger partial charge in [-0.25, -0.2) is 4.79 Å². The second-order valence-electron chi connectivity index (χ2n) is 5.93. The molecule has 0 spiro atoms. The minimum Gasteiger partial charge on any atom is -0.497 e. The van der Waals surface area contributed by atoms with E-state index in [1.807, 2.05) is 19.9 Å². The van der Waals surface area contributed by atoms with Crippen LogP contribution in [0.25, 0.3) is 0 Å². The molecule has 0 radical (unpaired) electrons. The molecule has 1 rings (SSSR count). The highest BCUT2D eigenvalue weighted by Gasteiger charge is 2.30. The summed E-state index contributed by atoms with van der Waals surface area (Å²) in [6, 6.07) is 3.51. The molecule has 0 N–H and O–H groups in total. The minimum atomic E-state index is -1.76. The zero-order valence-corrected chi connectivity index (χ0v) is 14.4. The molecule has 1 aromatic carbocycles. The standard InChI is InChI=1S/C15H24O4Si/c1-10(2)19-13-11(15(16)18-4)8-9-12(17-3)14(13)20(5,6)7/h8-10H,1-7H3. The molecule has 0 atom stereocenters. The van der Waals surface area contributed by atoms with E-state index in [1.165, 1.54) is 7.11 Å². The van der Waals surface area contributed by atoms with E-state index in [0.29, 0.717) is 11.3 Å². The van der Waals surface area contributed by atoms with Crippen molar-refractivity contribution in [2.24, 2.45) is 0 Å². The predicted molar refractivity (Wildman–Crippen MR) is 83.1 cm³/mol. The Balaban J connectivity index is 3.61. The van der Waals surface area contributed by atoms with Gasteiger partial charge in [-0.1, -0.05) is 19.6 Å². The smallest absolute Gasteiger partial charge is 0.341 e. The van der Waals surface area contributed by atoms with Gasteiger partial charge in [0.25, 0.3) is 0 Å². The summed E-state index contributed by atoms with van der Waals surface area (Å²) in [5, 5.41) is 1.01. The van der Waals surface area contributed by atoms with Crippen molar-refractivity contribution in [1.29, 1.82) is 0 Å². The molecule has 1 aromatic rings. The third-order valence-electron chi connectivity index (χ3n) is 2.85. The molecule has 0 fully saturated rings. The first-order valence-electron chi connectivity index (χ1n) is 6.68. The van der Waals surface area contributed by atoms with Crippen LogP contribution >= 0.6 is 0 Å². The molecule has 0 unspecified atom stereocenters. The number of hydrogen-bond acceptors (Lipinski definition) is 4. The third-order valence-corrected chi connectivity index (χ3v) is 4.82. The quantitative estimate of drug-likeness (QED) is 0.619. The summed E-state index contributed by atoms with van der Waals surface area (Å²) in [5.41, 5.74) is 0.458. The second-order valence-corrected chi connectivity index (χ2v) is 10.9. The third kappa shape index (κ3) is 3.54. The maximum Gasteiger partial charge on any atom is 0.341 e. The molecule has 0 bridgehead atoms. The predicted octanol–water partition coefficient (Wildman–Crippen LogP) is 2.81. The van der Waals surface area contributed by atoms with Crippen molar-refractivity contribution < 1.29 is 19.0 Å². The van der Waals surface area contributed by atoms with Gasteiger partial charge in [0.1, 0.15) is 17.1 Å². The summed E-state index contributed by atoms with van der Waals surface area (Å²) in [4.78, 5) is 12.0. The van der Waals surface area contributed by atoms with E-state index in [9.17, 15) is 4.79 Å². The fraction of sp³-hybridized carbons (Fsp3) is 0.533. The Morgan fingerprint density at radius 2 is 1.75 bits per heavy atom. The molecule has 112 valence electrons. The fourth-order valence-corrected chi connectivity index (χ4v) is 3.87. The maximum absolute atomic E-state index is 12.0. The van der Waals surface area contributed by atoms with Gasteiger partial charge in [-0.3, -0.25) is 0 Å². The molecule has 0 saturated carbocycles. The number of esters is 1. The molecule has 0 aromatic heterocycles. The van der Waals surface area contributed by atoms with Crippen molar-refractivity contribution in [1.82, 2.24) is 0 Å². The maximum atomic E-state index is 12.0. The first-order valence-corrected chi connectivity index (χ1v) is 10.2. The van der Waals surface area contributed by atoms with Crippen LogP contribution in [0.4, 0.5) is 0 Å². The van der Waals surface area contributed by atoms with Crippen molar-refractivity contribution in [2.45, 2.75) is 39.6 Å². The molecule has 20 heavy (non-hydrogen) atoms. The van der Waals surface area contributed by atoms with Crippen LogP contribution in [0.3, 0.4) is 0 Å². The highest BCUT2D eigenvalue weighted by molar-refractivity contribution is 6.90. The molecule has 5 heteroatoms. The highest BCUT2D eigenvalue weighted by atomic mass is 28.3. The number of ether oxygens (including phenoxy) is 3. The highest BCUT2D eigenvalue weighted by Crippen LogP contribution is 2.28. The second kappa shape index (κ2) is 6.30. The van der Waals surface area contributed by atoms with Crippen LogP contribution in [0.15, 0.2) is 12.1 Å². The van der Waals surface area contributed by atoms with Crippen LogP contribution in [0.5, 0.6) is 11.5 Å². The number of carbonyl (C=O) groups is 1. The van der Waals surface area contributed by atoms with E-state index in [4.69, 9.17) is 14.2 Å². The van der Waals surface area contributed by atoms with Crippen molar-refractivity contribution >= 4 is 19.2 Å². The van der Waals surface area contributed by atoms with Gasteiger partial charge in [-0.05, 0) is 26.0 Å². The van der Waals surface area contributed by atoms with Gasteiger partial charge in [-0.15, -0.1) is 0 Å². The Kier molecular flexibility index (Phi) is 5.22. The zero-order valence-electron chi connectivity index (χ0n) is 13.4. The normalized spacial score (nSPS) is 11.4. The summed E-state index contributed by atoms with van der Waals surface area (Å²) < 4.78 is 16.2. The van der Waals surface area contributed by atoms with Gasteiger partial charge in [0.15, 0.2) is 0 Å². The molecular weight excluding hydrogens is 272 g/mol. The van der Waals surface area contributed by atoms with Gasteiger partial charge in [0, 0.05) is 5.19 Å². The molecular formula is C15H24O4Si. The molecule has 0 heterocycles. The van der Waals surface area contributed by atoms with Gasteiger partial charge in [0.2, 0.25) is 0 Å². The lowest BCUT2D eigenvalue weighted by Gasteiger charge is -2.26. The summed E-state index contributed by atoms with van der Waals surface area (Å²) in [5.74, 6) is 0.987. The summed E-state index contributed by atoms with van der Waals surface area (Å²) in [7, 11) is 1.25. The summed E-state index contributed by atoms with van der Waals surface area (Å²) in [6.07, 6.45) is -0.0272. The van der Waals surface area contributed by atoms with E-state index in [-0.39, 0.29) is 12.1 Å². The Morgan fingerprint density at radius 1 is 1.15 bits per heavy atom. The van der Waals surface area contributed by atoms with Crippen LogP contribution in [0.1, 0.15) is 24.2 Å². The molecule has 0 saturated heterocycles. The van der Waals surface area contributed by atoms with Gasteiger partial charge in [0.05, 0.1) is 28.4 Å². The Hall–Kier alpha value is -1.49. The number of benzene rings is 1. The Bertz CT molecular complexity index is 489. The zero-order chi connectivity index (χ0) is 15.5. The first-order chi connectivity index (χ1) is 9.22. The number of hydrogen-bond donors (Lipinski definition) is 0. The van der Waals surface area contributed by atoms with Crippen molar-refractivity contribution in [3.63, 3.8) is 0 Å². The van der Waals surface area contributed by atoms with Crippen LogP contribution in [-0.4, -0.2) is 34.4 Å². The van der Waals surface area contributed by atoms with E-state index < -0.39 is 8.07 Å².